The summed E-state index contributed by atoms with van der Waals surface area (Å²) >= 11 is 0. The van der Waals surface area contributed by atoms with E-state index in [1.165, 1.54) is 11.3 Å². The summed E-state index contributed by atoms with van der Waals surface area (Å²) in [4.78, 5) is 48.4. The minimum atomic E-state index is -0.589. The molecule has 1 unspecified atom stereocenters. The predicted octanol–water partition coefficient (Wildman–Crippen LogP) is 1.15. The van der Waals surface area contributed by atoms with Crippen LogP contribution in [0.15, 0.2) is 31.1 Å². The van der Waals surface area contributed by atoms with Crippen LogP contribution in [0, 0.1) is 0 Å². The summed E-state index contributed by atoms with van der Waals surface area (Å²) in [7, 11) is 0. The smallest absolute Gasteiger partial charge is 0.407 e. The molecule has 2 aliphatic heterocycles. The van der Waals surface area contributed by atoms with Gasteiger partial charge < -0.3 is 15.0 Å². The largest absolute Gasteiger partial charge is 0.444 e. The molecule has 2 N–H and O–H groups in total. The van der Waals surface area contributed by atoms with Gasteiger partial charge in [-0.25, -0.2) is 19.8 Å². The number of ether oxygens (including phenoxy) is 1. The summed E-state index contributed by atoms with van der Waals surface area (Å²) in [6, 6.07) is -0.463. The molecular weight excluding hydrogens is 420 g/mol. The summed E-state index contributed by atoms with van der Waals surface area (Å²) in [5.74, 6) is -0.486. The molecule has 4 amide bonds. The van der Waals surface area contributed by atoms with Crippen molar-refractivity contribution < 1.29 is 28.8 Å². The van der Waals surface area contributed by atoms with Gasteiger partial charge in [0, 0.05) is 19.3 Å². The lowest BCUT2D eigenvalue weighted by molar-refractivity contribution is -0.107. The van der Waals surface area contributed by atoms with Crippen LogP contribution in [0.4, 0.5) is 9.59 Å². The maximum atomic E-state index is 12.4. The zero-order chi connectivity index (χ0) is 23.3. The standard InChI is InChI=1S/C20H28N6O6/c1-5-7-31-26-16-9-15(12-24(13-16)19(26)29)25-11-14(10-22-25)17(27)23-30-8-6-21-18(28)32-20(2,3)4/h5,9-11,16H,1,6-8,12-13H2,2-4H3,(H,21,28)(H,23,27). The van der Waals surface area contributed by atoms with Gasteiger partial charge in [0.05, 0.1) is 43.3 Å². The number of hydroxylamine groups is 3. The number of hydrogen-bond donors (Lipinski definition) is 2. The second kappa shape index (κ2) is 9.83. The molecule has 1 atom stereocenters. The molecule has 0 aliphatic carbocycles. The van der Waals surface area contributed by atoms with Crippen molar-refractivity contribution in [1.29, 1.82) is 0 Å². The average molecular weight is 448 g/mol. The summed E-state index contributed by atoms with van der Waals surface area (Å²) in [6.45, 7) is 10.2. The molecule has 1 saturated heterocycles. The van der Waals surface area contributed by atoms with Gasteiger partial charge in [-0.2, -0.15) is 10.2 Å². The molecule has 2 bridgehead atoms. The first-order valence-electron chi connectivity index (χ1n) is 10.1. The van der Waals surface area contributed by atoms with Crippen molar-refractivity contribution >= 4 is 23.7 Å². The Morgan fingerprint density at radius 2 is 2.16 bits per heavy atom. The Labute approximate surface area is 185 Å². The second-order valence-corrected chi connectivity index (χ2v) is 8.18. The van der Waals surface area contributed by atoms with E-state index in [2.05, 4.69) is 22.5 Å². The number of carbonyl (C=O) groups is 3. The van der Waals surface area contributed by atoms with E-state index >= 15 is 0 Å². The summed E-state index contributed by atoms with van der Waals surface area (Å²) in [6.07, 6.45) is 5.85. The van der Waals surface area contributed by atoms with Gasteiger partial charge in [-0.1, -0.05) is 6.08 Å². The Hall–Kier alpha value is -3.38. The summed E-state index contributed by atoms with van der Waals surface area (Å²) in [5, 5.41) is 8.06. The highest BCUT2D eigenvalue weighted by molar-refractivity contribution is 5.93. The molecular formula is C20H28N6O6. The van der Waals surface area contributed by atoms with Crippen LogP contribution < -0.4 is 10.8 Å². The highest BCUT2D eigenvalue weighted by Crippen LogP contribution is 2.26. The quantitative estimate of drug-likeness (QED) is 0.330. The SMILES string of the molecule is C=CCON1C(=O)N2CC(n3cc(C(=O)NOCCNC(=O)OC(C)(C)C)cn3)=CC1C2. The maximum absolute atomic E-state index is 12.4. The van der Waals surface area contributed by atoms with Crippen LogP contribution >= 0.6 is 0 Å². The first-order valence-corrected chi connectivity index (χ1v) is 10.1. The normalized spacial score (nSPS) is 17.8. The van der Waals surface area contributed by atoms with Crippen LogP contribution in [0.5, 0.6) is 0 Å². The zero-order valence-electron chi connectivity index (χ0n) is 18.4. The van der Waals surface area contributed by atoms with E-state index in [0.717, 1.165) is 5.70 Å². The van der Waals surface area contributed by atoms with Crippen molar-refractivity contribution in [3.8, 4) is 0 Å². The van der Waals surface area contributed by atoms with E-state index in [1.807, 2.05) is 6.08 Å². The van der Waals surface area contributed by atoms with Gasteiger partial charge in [-0.15, -0.1) is 6.58 Å². The minimum Gasteiger partial charge on any atom is -0.444 e. The topological polar surface area (TPSA) is 127 Å². The number of fused-ring (bicyclic) bond motifs is 2. The molecule has 174 valence electrons. The molecule has 1 aromatic rings. The Balaban J connectivity index is 1.47. The number of alkyl carbamates (subject to hydrolysis) is 1. The molecule has 2 aliphatic rings. The molecule has 0 spiro atoms. The molecule has 0 saturated carbocycles. The van der Waals surface area contributed by atoms with E-state index in [4.69, 9.17) is 14.4 Å². The van der Waals surface area contributed by atoms with Crippen LogP contribution in [0.25, 0.3) is 5.70 Å². The van der Waals surface area contributed by atoms with Crippen molar-refractivity contribution in [3.05, 3.63) is 36.7 Å². The highest BCUT2D eigenvalue weighted by atomic mass is 16.7. The third-order valence-electron chi connectivity index (χ3n) is 4.41. The molecule has 3 rings (SSSR count). The number of amides is 4. The number of rotatable bonds is 9. The molecule has 0 radical (unpaired) electrons. The first-order chi connectivity index (χ1) is 15.2. The lowest BCUT2D eigenvalue weighted by Crippen LogP contribution is -2.35. The molecule has 3 heterocycles. The van der Waals surface area contributed by atoms with E-state index < -0.39 is 17.6 Å². The maximum Gasteiger partial charge on any atom is 0.407 e. The summed E-state index contributed by atoms with van der Waals surface area (Å²) in [5.41, 5.74) is 2.74. The van der Waals surface area contributed by atoms with Gasteiger partial charge in [0.1, 0.15) is 5.60 Å². The van der Waals surface area contributed by atoms with E-state index in [9.17, 15) is 14.4 Å². The van der Waals surface area contributed by atoms with Crippen molar-refractivity contribution in [2.75, 3.05) is 32.8 Å². The Kier molecular flexibility index (Phi) is 7.15. The van der Waals surface area contributed by atoms with Gasteiger partial charge in [-0.3, -0.25) is 14.5 Å². The lowest BCUT2D eigenvalue weighted by atomic mass is 10.2. The summed E-state index contributed by atoms with van der Waals surface area (Å²) < 4.78 is 6.64. The van der Waals surface area contributed by atoms with Gasteiger partial charge >= 0.3 is 12.1 Å². The van der Waals surface area contributed by atoms with Crippen LogP contribution in [-0.2, 0) is 14.4 Å². The number of aromatic nitrogens is 2. The molecule has 1 fully saturated rings. The monoisotopic (exact) mass is 448 g/mol. The number of nitrogens with one attached hydrogen (secondary N) is 2. The van der Waals surface area contributed by atoms with E-state index in [-0.39, 0.29) is 37.4 Å². The molecule has 1 aromatic heterocycles. The Morgan fingerprint density at radius 1 is 1.38 bits per heavy atom. The van der Waals surface area contributed by atoms with Gasteiger partial charge in [0.25, 0.3) is 5.91 Å². The number of urea groups is 1. The van der Waals surface area contributed by atoms with Crippen molar-refractivity contribution in [2.45, 2.75) is 32.4 Å². The fourth-order valence-corrected chi connectivity index (χ4v) is 3.11. The fraction of sp³-hybridized carbons (Fsp3) is 0.500. The second-order valence-electron chi connectivity index (χ2n) is 8.18. The van der Waals surface area contributed by atoms with Crippen molar-refractivity contribution in [2.24, 2.45) is 0 Å². The minimum absolute atomic E-state index is 0.0591. The zero-order valence-corrected chi connectivity index (χ0v) is 18.4. The van der Waals surface area contributed by atoms with Crippen molar-refractivity contribution in [3.63, 3.8) is 0 Å². The van der Waals surface area contributed by atoms with Gasteiger partial charge in [0.15, 0.2) is 0 Å². The fourth-order valence-electron chi connectivity index (χ4n) is 3.11. The van der Waals surface area contributed by atoms with E-state index in [1.54, 1.807) is 42.6 Å². The van der Waals surface area contributed by atoms with Crippen LogP contribution in [-0.4, -0.2) is 82.3 Å². The van der Waals surface area contributed by atoms with Crippen LogP contribution in [0.1, 0.15) is 31.1 Å². The predicted molar refractivity (Wildman–Crippen MR) is 113 cm³/mol. The molecule has 0 aromatic carbocycles. The molecule has 12 heteroatoms. The van der Waals surface area contributed by atoms with Gasteiger partial charge in [-0.05, 0) is 26.8 Å². The lowest BCUT2D eigenvalue weighted by Gasteiger charge is -2.21. The average Bonchev–Trinajstić information content (AvgIpc) is 3.29. The molecule has 32 heavy (non-hydrogen) atoms. The number of nitrogens with zero attached hydrogens (tertiary/aromatic N) is 4. The Bertz CT molecular complexity index is 905. The van der Waals surface area contributed by atoms with Gasteiger partial charge in [0.2, 0.25) is 0 Å². The number of hydrogen-bond acceptors (Lipinski definition) is 7. The van der Waals surface area contributed by atoms with Crippen LogP contribution in [0.2, 0.25) is 0 Å². The Morgan fingerprint density at radius 3 is 2.88 bits per heavy atom. The van der Waals surface area contributed by atoms with Crippen LogP contribution in [0.3, 0.4) is 0 Å². The highest BCUT2D eigenvalue weighted by Gasteiger charge is 2.41. The third-order valence-corrected chi connectivity index (χ3v) is 4.41. The van der Waals surface area contributed by atoms with E-state index in [0.29, 0.717) is 13.1 Å². The third kappa shape index (κ3) is 5.86. The first kappa shape index (κ1) is 23.3. The van der Waals surface area contributed by atoms with Crippen molar-refractivity contribution in [1.82, 2.24) is 30.5 Å². The molecule has 12 nitrogen and oxygen atoms in total. The number of carbonyl (C=O) groups excluding carboxylic acids is 3.